The molecule has 1 unspecified atom stereocenters. The average Bonchev–Trinajstić information content (AvgIpc) is 2.76. The number of benzene rings is 2. The molecule has 2 aromatic rings. The Morgan fingerprint density at radius 3 is 2.71 bits per heavy atom. The van der Waals surface area contributed by atoms with Crippen molar-refractivity contribution in [3.63, 3.8) is 0 Å². The molecule has 21 heavy (non-hydrogen) atoms. The Kier molecular flexibility index (Phi) is 3.46. The normalized spacial score (nSPS) is 17.2. The van der Waals surface area contributed by atoms with Crippen LogP contribution in [0.15, 0.2) is 36.4 Å². The third-order valence-corrected chi connectivity index (χ3v) is 4.49. The number of halogens is 1. The van der Waals surface area contributed by atoms with Crippen molar-refractivity contribution in [2.75, 3.05) is 6.61 Å². The lowest BCUT2D eigenvalue weighted by Gasteiger charge is -2.19. The van der Waals surface area contributed by atoms with Gasteiger partial charge in [0.05, 0.1) is 12.6 Å². The topological polar surface area (TPSA) is 35.2 Å². The maximum absolute atomic E-state index is 6.47. The molecule has 3 rings (SSSR count). The van der Waals surface area contributed by atoms with Gasteiger partial charge >= 0.3 is 0 Å². The van der Waals surface area contributed by atoms with Crippen LogP contribution in [0.5, 0.6) is 5.75 Å². The molecule has 1 aliphatic rings. The minimum absolute atomic E-state index is 0.0362. The van der Waals surface area contributed by atoms with Gasteiger partial charge in [-0.15, -0.1) is 0 Å². The fourth-order valence-corrected chi connectivity index (χ4v) is 3.04. The summed E-state index contributed by atoms with van der Waals surface area (Å²) in [5.41, 5.74) is 11.1. The van der Waals surface area contributed by atoms with Crippen LogP contribution >= 0.6 is 11.6 Å². The summed E-state index contributed by atoms with van der Waals surface area (Å²) in [6, 6.07) is 11.9. The summed E-state index contributed by atoms with van der Waals surface area (Å²) >= 11 is 6.11. The average molecular weight is 302 g/mol. The molecule has 1 atom stereocenters. The van der Waals surface area contributed by atoms with Gasteiger partial charge in [0, 0.05) is 16.0 Å². The molecule has 0 amide bonds. The van der Waals surface area contributed by atoms with Crippen molar-refractivity contribution in [3.05, 3.63) is 63.7 Å². The van der Waals surface area contributed by atoms with Crippen LogP contribution in [0.1, 0.15) is 42.1 Å². The highest BCUT2D eigenvalue weighted by Crippen LogP contribution is 2.40. The summed E-state index contributed by atoms with van der Waals surface area (Å²) in [7, 11) is 0. The molecular formula is C18H20ClNO. The number of nitrogens with two attached hydrogens (primary N) is 1. The molecule has 1 aliphatic heterocycles. The van der Waals surface area contributed by atoms with Gasteiger partial charge in [-0.3, -0.25) is 0 Å². The first kappa shape index (κ1) is 14.4. The summed E-state index contributed by atoms with van der Waals surface area (Å²) in [5.74, 6) is 0.971. The Labute approximate surface area is 130 Å². The molecule has 0 radical (unpaired) electrons. The fourth-order valence-electron chi connectivity index (χ4n) is 2.86. The summed E-state index contributed by atoms with van der Waals surface area (Å²) in [5, 5.41) is 0.718. The Balaban J connectivity index is 2.03. The van der Waals surface area contributed by atoms with E-state index < -0.39 is 0 Å². The first-order valence-electron chi connectivity index (χ1n) is 7.17. The van der Waals surface area contributed by atoms with E-state index in [2.05, 4.69) is 26.8 Å². The zero-order chi connectivity index (χ0) is 15.2. The van der Waals surface area contributed by atoms with Crippen molar-refractivity contribution >= 4 is 11.6 Å². The van der Waals surface area contributed by atoms with Gasteiger partial charge in [0.25, 0.3) is 0 Å². The largest absolute Gasteiger partial charge is 0.492 e. The number of rotatable bonds is 2. The lowest BCUT2D eigenvalue weighted by Crippen LogP contribution is -2.19. The van der Waals surface area contributed by atoms with E-state index in [1.165, 1.54) is 5.56 Å². The van der Waals surface area contributed by atoms with Crippen LogP contribution in [-0.2, 0) is 5.41 Å². The Morgan fingerprint density at radius 2 is 1.95 bits per heavy atom. The van der Waals surface area contributed by atoms with Crippen LogP contribution in [0, 0.1) is 6.92 Å². The molecule has 0 aromatic heterocycles. The zero-order valence-electron chi connectivity index (χ0n) is 12.6. The van der Waals surface area contributed by atoms with Gasteiger partial charge in [0.2, 0.25) is 0 Å². The van der Waals surface area contributed by atoms with Gasteiger partial charge in [0.1, 0.15) is 5.75 Å². The molecule has 1 heterocycles. The molecule has 0 fully saturated rings. The summed E-state index contributed by atoms with van der Waals surface area (Å²) in [4.78, 5) is 0. The zero-order valence-corrected chi connectivity index (χ0v) is 13.4. The van der Waals surface area contributed by atoms with Crippen LogP contribution in [0.3, 0.4) is 0 Å². The number of hydrogen-bond acceptors (Lipinski definition) is 2. The Hall–Kier alpha value is -1.51. The lowest BCUT2D eigenvalue weighted by atomic mass is 9.84. The van der Waals surface area contributed by atoms with Gasteiger partial charge in [-0.05, 0) is 47.9 Å². The Morgan fingerprint density at radius 1 is 1.19 bits per heavy atom. The molecule has 2 aromatic carbocycles. The van der Waals surface area contributed by atoms with Crippen LogP contribution in [0.25, 0.3) is 0 Å². The van der Waals surface area contributed by atoms with Gasteiger partial charge in [0.15, 0.2) is 0 Å². The third-order valence-electron chi connectivity index (χ3n) is 4.26. The van der Waals surface area contributed by atoms with Crippen LogP contribution < -0.4 is 10.5 Å². The fraction of sp³-hybridized carbons (Fsp3) is 0.333. The quantitative estimate of drug-likeness (QED) is 0.894. The van der Waals surface area contributed by atoms with Gasteiger partial charge in [-0.2, -0.15) is 0 Å². The van der Waals surface area contributed by atoms with Crippen LogP contribution in [-0.4, -0.2) is 6.61 Å². The standard InChI is InChI=1S/C18H20ClNO/c1-11-4-6-13(19)9-14(11)17(20)12-5-7-16-15(8-12)18(2,3)10-21-16/h4-9,17H,10,20H2,1-3H3. The number of ether oxygens (including phenoxy) is 1. The monoisotopic (exact) mass is 301 g/mol. The molecule has 0 saturated heterocycles. The molecular weight excluding hydrogens is 282 g/mol. The summed E-state index contributed by atoms with van der Waals surface area (Å²) in [6.07, 6.45) is 0. The predicted octanol–water partition coefficient (Wildman–Crippen LogP) is 4.37. The van der Waals surface area contributed by atoms with Crippen molar-refractivity contribution in [1.82, 2.24) is 0 Å². The summed E-state index contributed by atoms with van der Waals surface area (Å²) in [6.45, 7) is 7.17. The third kappa shape index (κ3) is 2.54. The maximum atomic E-state index is 6.47. The second kappa shape index (κ2) is 5.04. The minimum Gasteiger partial charge on any atom is -0.492 e. The first-order chi connectivity index (χ1) is 9.88. The van der Waals surface area contributed by atoms with E-state index in [1.54, 1.807) is 0 Å². The van der Waals surface area contributed by atoms with E-state index in [-0.39, 0.29) is 11.5 Å². The van der Waals surface area contributed by atoms with Gasteiger partial charge in [-0.25, -0.2) is 0 Å². The maximum Gasteiger partial charge on any atom is 0.123 e. The number of hydrogen-bond donors (Lipinski definition) is 1. The van der Waals surface area contributed by atoms with Crippen molar-refractivity contribution in [1.29, 1.82) is 0 Å². The molecule has 0 saturated carbocycles. The van der Waals surface area contributed by atoms with E-state index >= 15 is 0 Å². The van der Waals surface area contributed by atoms with Gasteiger partial charge in [-0.1, -0.05) is 37.6 Å². The van der Waals surface area contributed by atoms with Crippen molar-refractivity contribution in [2.45, 2.75) is 32.2 Å². The molecule has 0 aliphatic carbocycles. The number of fused-ring (bicyclic) bond motifs is 1. The molecule has 2 N–H and O–H groups in total. The number of aryl methyl sites for hydroxylation is 1. The predicted molar refractivity (Wildman–Crippen MR) is 87.2 cm³/mol. The van der Waals surface area contributed by atoms with Crippen LogP contribution in [0.4, 0.5) is 0 Å². The first-order valence-corrected chi connectivity index (χ1v) is 7.55. The van der Waals surface area contributed by atoms with Crippen molar-refractivity contribution in [2.24, 2.45) is 5.73 Å². The van der Waals surface area contributed by atoms with Crippen molar-refractivity contribution < 1.29 is 4.74 Å². The second-order valence-electron chi connectivity index (χ2n) is 6.41. The molecule has 0 bridgehead atoms. The van der Waals surface area contributed by atoms with E-state index in [0.29, 0.717) is 0 Å². The second-order valence-corrected chi connectivity index (χ2v) is 6.84. The highest BCUT2D eigenvalue weighted by Gasteiger charge is 2.32. The minimum atomic E-state index is -0.176. The van der Waals surface area contributed by atoms with Crippen LogP contribution in [0.2, 0.25) is 5.02 Å². The molecule has 110 valence electrons. The lowest BCUT2D eigenvalue weighted by molar-refractivity contribution is 0.291. The molecule has 2 nitrogen and oxygen atoms in total. The summed E-state index contributed by atoms with van der Waals surface area (Å²) < 4.78 is 5.74. The smallest absolute Gasteiger partial charge is 0.123 e. The van der Waals surface area contributed by atoms with E-state index in [9.17, 15) is 0 Å². The molecule has 0 spiro atoms. The Bertz CT molecular complexity index is 694. The molecule has 3 heteroatoms. The van der Waals surface area contributed by atoms with E-state index in [0.717, 1.165) is 34.1 Å². The van der Waals surface area contributed by atoms with Gasteiger partial charge < -0.3 is 10.5 Å². The highest BCUT2D eigenvalue weighted by atomic mass is 35.5. The highest BCUT2D eigenvalue weighted by molar-refractivity contribution is 6.30. The van der Waals surface area contributed by atoms with E-state index in [1.807, 2.05) is 30.3 Å². The van der Waals surface area contributed by atoms with Crippen molar-refractivity contribution in [3.8, 4) is 5.75 Å². The SMILES string of the molecule is Cc1ccc(Cl)cc1C(N)c1ccc2c(c1)C(C)(C)CO2. The van der Waals surface area contributed by atoms with E-state index in [4.69, 9.17) is 22.1 Å².